The van der Waals surface area contributed by atoms with E-state index in [1.165, 1.54) is 11.1 Å². The highest BCUT2D eigenvalue weighted by molar-refractivity contribution is 5.97. The van der Waals surface area contributed by atoms with Crippen LogP contribution in [-0.4, -0.2) is 19.0 Å². The number of benzene rings is 2. The fourth-order valence-corrected chi connectivity index (χ4v) is 3.01. The molecule has 0 bridgehead atoms. The van der Waals surface area contributed by atoms with Gasteiger partial charge < -0.3 is 9.47 Å². The molecule has 1 aliphatic rings. The molecule has 3 rings (SSSR count). The molecule has 1 aliphatic carbocycles. The number of rotatable bonds is 5. The van der Waals surface area contributed by atoms with Crippen LogP contribution in [0.15, 0.2) is 48.0 Å². The summed E-state index contributed by atoms with van der Waals surface area (Å²) in [5, 5.41) is 0. The van der Waals surface area contributed by atoms with Crippen LogP contribution in [0.4, 0.5) is 0 Å². The molecule has 124 valence electrons. The average molecular weight is 322 g/mol. The molecule has 0 radical (unpaired) electrons. The van der Waals surface area contributed by atoms with E-state index in [1.807, 2.05) is 31.2 Å². The van der Waals surface area contributed by atoms with E-state index in [1.54, 1.807) is 14.0 Å². The van der Waals surface area contributed by atoms with E-state index in [0.717, 1.165) is 29.7 Å². The topological polar surface area (TPSA) is 35.5 Å². The molecular formula is C21H22O3. The van der Waals surface area contributed by atoms with Crippen LogP contribution in [0.2, 0.25) is 0 Å². The molecule has 3 nitrogen and oxygen atoms in total. The second-order valence-electron chi connectivity index (χ2n) is 6.21. The van der Waals surface area contributed by atoms with E-state index in [9.17, 15) is 4.79 Å². The minimum atomic E-state index is 0.0690. The van der Waals surface area contributed by atoms with E-state index < -0.39 is 0 Å². The second-order valence-corrected chi connectivity index (χ2v) is 6.21. The van der Waals surface area contributed by atoms with Crippen LogP contribution in [-0.2, 0) is 17.6 Å². The van der Waals surface area contributed by atoms with Gasteiger partial charge in [0.25, 0.3) is 0 Å². The van der Waals surface area contributed by atoms with Crippen LogP contribution in [0.5, 0.6) is 11.5 Å². The van der Waals surface area contributed by atoms with E-state index in [0.29, 0.717) is 5.75 Å². The van der Waals surface area contributed by atoms with Crippen molar-refractivity contribution >= 4 is 11.9 Å². The average Bonchev–Trinajstić information content (AvgIpc) is 2.97. The SMILES string of the molecule is COc1ccc(/C=C(\C)C(C)=O)cc1OC1Cc2ccccc2C1. The van der Waals surface area contributed by atoms with Gasteiger partial charge in [0.15, 0.2) is 17.3 Å². The molecule has 0 saturated heterocycles. The Morgan fingerprint density at radius 2 is 1.71 bits per heavy atom. The number of hydrogen-bond acceptors (Lipinski definition) is 3. The lowest BCUT2D eigenvalue weighted by Crippen LogP contribution is -2.16. The van der Waals surface area contributed by atoms with E-state index >= 15 is 0 Å². The van der Waals surface area contributed by atoms with Crippen LogP contribution in [0.25, 0.3) is 6.08 Å². The van der Waals surface area contributed by atoms with Gasteiger partial charge in [-0.25, -0.2) is 0 Å². The zero-order chi connectivity index (χ0) is 17.1. The second kappa shape index (κ2) is 6.91. The summed E-state index contributed by atoms with van der Waals surface area (Å²) in [6, 6.07) is 14.2. The predicted octanol–water partition coefficient (Wildman–Crippen LogP) is 4.23. The summed E-state index contributed by atoms with van der Waals surface area (Å²) < 4.78 is 11.7. The lowest BCUT2D eigenvalue weighted by molar-refractivity contribution is -0.113. The van der Waals surface area contributed by atoms with Crippen molar-refractivity contribution in [2.45, 2.75) is 32.8 Å². The first kappa shape index (κ1) is 16.3. The van der Waals surface area contributed by atoms with E-state index in [-0.39, 0.29) is 11.9 Å². The highest BCUT2D eigenvalue weighted by Crippen LogP contribution is 2.33. The molecule has 24 heavy (non-hydrogen) atoms. The first-order valence-corrected chi connectivity index (χ1v) is 8.17. The molecule has 0 unspecified atom stereocenters. The zero-order valence-electron chi connectivity index (χ0n) is 14.3. The number of allylic oxidation sites excluding steroid dienone is 1. The van der Waals surface area contributed by atoms with Crippen molar-refractivity contribution in [2.24, 2.45) is 0 Å². The number of carbonyl (C=O) groups is 1. The van der Waals surface area contributed by atoms with Gasteiger partial charge in [-0.05, 0) is 54.3 Å². The monoisotopic (exact) mass is 322 g/mol. The van der Waals surface area contributed by atoms with Gasteiger partial charge in [0.05, 0.1) is 7.11 Å². The maximum absolute atomic E-state index is 11.4. The summed E-state index contributed by atoms with van der Waals surface area (Å²) in [6.07, 6.45) is 3.81. The first-order valence-electron chi connectivity index (χ1n) is 8.17. The highest BCUT2D eigenvalue weighted by atomic mass is 16.5. The number of carbonyl (C=O) groups excluding carboxylic acids is 1. The normalized spacial score (nSPS) is 14.4. The van der Waals surface area contributed by atoms with Crippen molar-refractivity contribution in [3.05, 3.63) is 64.7 Å². The predicted molar refractivity (Wildman–Crippen MR) is 95.6 cm³/mol. The van der Waals surface area contributed by atoms with Crippen molar-refractivity contribution in [3.63, 3.8) is 0 Å². The Kier molecular flexibility index (Phi) is 4.70. The van der Waals surface area contributed by atoms with Crippen molar-refractivity contribution in [1.82, 2.24) is 0 Å². The van der Waals surface area contributed by atoms with Gasteiger partial charge in [0, 0.05) is 12.8 Å². The number of fused-ring (bicyclic) bond motifs is 1. The molecule has 0 amide bonds. The van der Waals surface area contributed by atoms with Gasteiger partial charge in [0.1, 0.15) is 6.10 Å². The van der Waals surface area contributed by atoms with Crippen LogP contribution < -0.4 is 9.47 Å². The summed E-state index contributed by atoms with van der Waals surface area (Å²) in [4.78, 5) is 11.4. The van der Waals surface area contributed by atoms with Crippen LogP contribution in [0, 0.1) is 0 Å². The number of hydrogen-bond donors (Lipinski definition) is 0. The standard InChI is InChI=1S/C21H22O3/c1-14(15(2)22)10-16-8-9-20(23-3)21(11-16)24-19-12-17-6-4-5-7-18(17)13-19/h4-11,19H,12-13H2,1-3H3/b14-10+. The zero-order valence-corrected chi connectivity index (χ0v) is 14.3. The van der Waals surface area contributed by atoms with Crippen molar-refractivity contribution in [2.75, 3.05) is 7.11 Å². The van der Waals surface area contributed by atoms with Gasteiger partial charge in [-0.3, -0.25) is 4.79 Å². The van der Waals surface area contributed by atoms with Gasteiger partial charge in [-0.15, -0.1) is 0 Å². The van der Waals surface area contributed by atoms with Gasteiger partial charge in [0.2, 0.25) is 0 Å². The molecular weight excluding hydrogens is 300 g/mol. The van der Waals surface area contributed by atoms with Crippen molar-refractivity contribution in [1.29, 1.82) is 0 Å². The largest absolute Gasteiger partial charge is 0.493 e. The molecule has 0 N–H and O–H groups in total. The minimum Gasteiger partial charge on any atom is -0.493 e. The molecule has 2 aromatic carbocycles. The van der Waals surface area contributed by atoms with Crippen molar-refractivity contribution < 1.29 is 14.3 Å². The number of Topliss-reactive ketones (excluding diaryl/α,β-unsaturated/α-hetero) is 1. The third-order valence-electron chi connectivity index (χ3n) is 4.43. The van der Waals surface area contributed by atoms with Crippen LogP contribution in [0.1, 0.15) is 30.5 Å². The molecule has 3 heteroatoms. The third-order valence-corrected chi connectivity index (χ3v) is 4.43. The molecule has 0 heterocycles. The quantitative estimate of drug-likeness (QED) is 0.773. The van der Waals surface area contributed by atoms with Crippen molar-refractivity contribution in [3.8, 4) is 11.5 Å². The van der Waals surface area contributed by atoms with Gasteiger partial charge in [-0.1, -0.05) is 30.3 Å². The molecule has 0 atom stereocenters. The molecule has 0 spiro atoms. The van der Waals surface area contributed by atoms with Gasteiger partial charge in [-0.2, -0.15) is 0 Å². The Hall–Kier alpha value is -2.55. The third kappa shape index (κ3) is 3.51. The first-order chi connectivity index (χ1) is 11.6. The summed E-state index contributed by atoms with van der Waals surface area (Å²) in [7, 11) is 1.64. The van der Waals surface area contributed by atoms with Gasteiger partial charge >= 0.3 is 0 Å². The minimum absolute atomic E-state index is 0.0690. The fraction of sp³-hybridized carbons (Fsp3) is 0.286. The smallest absolute Gasteiger partial charge is 0.162 e. The Bertz CT molecular complexity index is 764. The summed E-state index contributed by atoms with van der Waals surface area (Å²) in [5.74, 6) is 1.50. The fourth-order valence-electron chi connectivity index (χ4n) is 3.01. The van der Waals surface area contributed by atoms with Crippen LogP contribution in [0.3, 0.4) is 0 Å². The Morgan fingerprint density at radius 3 is 2.29 bits per heavy atom. The molecule has 0 fully saturated rings. The number of methoxy groups -OCH3 is 1. The molecule has 2 aromatic rings. The maximum atomic E-state index is 11.4. The Morgan fingerprint density at radius 1 is 1.04 bits per heavy atom. The molecule has 0 aromatic heterocycles. The summed E-state index contributed by atoms with van der Waals surface area (Å²) in [5.41, 5.74) is 4.36. The Labute approximate surface area is 142 Å². The van der Waals surface area contributed by atoms with E-state index in [4.69, 9.17) is 9.47 Å². The summed E-state index contributed by atoms with van der Waals surface area (Å²) >= 11 is 0. The summed E-state index contributed by atoms with van der Waals surface area (Å²) in [6.45, 7) is 3.39. The number of ether oxygens (including phenoxy) is 2. The lowest BCUT2D eigenvalue weighted by atomic mass is 10.1. The highest BCUT2D eigenvalue weighted by Gasteiger charge is 2.23. The van der Waals surface area contributed by atoms with Crippen LogP contribution >= 0.6 is 0 Å². The Balaban J connectivity index is 1.82. The molecule has 0 aliphatic heterocycles. The number of ketones is 1. The maximum Gasteiger partial charge on any atom is 0.162 e. The molecule has 0 saturated carbocycles. The van der Waals surface area contributed by atoms with E-state index in [2.05, 4.69) is 24.3 Å². The lowest BCUT2D eigenvalue weighted by Gasteiger charge is -2.16.